The first kappa shape index (κ1) is 12.9. The summed E-state index contributed by atoms with van der Waals surface area (Å²) in [7, 11) is 1.81. The van der Waals surface area contributed by atoms with Gasteiger partial charge in [0, 0.05) is 17.7 Å². The highest BCUT2D eigenvalue weighted by Crippen LogP contribution is 2.21. The number of halogens is 1. The Bertz CT molecular complexity index is 536. The number of H-pyrrole nitrogens is 1. The number of hydrogen-bond acceptors (Lipinski definition) is 1. The highest BCUT2D eigenvalue weighted by molar-refractivity contribution is 9.10. The first-order chi connectivity index (χ1) is 8.59. The number of rotatable bonds is 3. The van der Waals surface area contributed by atoms with Gasteiger partial charge in [-0.3, -0.25) is 4.79 Å². The number of aromatic nitrogens is 1. The highest BCUT2D eigenvalue weighted by atomic mass is 79.9. The van der Waals surface area contributed by atoms with E-state index in [1.807, 2.05) is 44.3 Å². The second-order valence-electron chi connectivity index (χ2n) is 4.23. The fourth-order valence-electron chi connectivity index (χ4n) is 1.81. The lowest BCUT2D eigenvalue weighted by Crippen LogP contribution is -2.29. The van der Waals surface area contributed by atoms with Crippen molar-refractivity contribution in [3.8, 4) is 0 Å². The number of carbonyl (C=O) groups excluding carboxylic acids is 1. The van der Waals surface area contributed by atoms with Crippen LogP contribution in [-0.4, -0.2) is 22.8 Å². The predicted molar refractivity (Wildman–Crippen MR) is 75.4 cm³/mol. The lowest BCUT2D eigenvalue weighted by Gasteiger charge is -2.24. The van der Waals surface area contributed by atoms with Crippen molar-refractivity contribution in [2.75, 3.05) is 7.05 Å². The van der Waals surface area contributed by atoms with Gasteiger partial charge in [0.05, 0.1) is 6.04 Å². The summed E-state index contributed by atoms with van der Waals surface area (Å²) in [5.41, 5.74) is 1.71. The number of aromatic amines is 1. The molecule has 2 rings (SSSR count). The maximum atomic E-state index is 12.2. The molecule has 0 bridgehead atoms. The van der Waals surface area contributed by atoms with E-state index in [-0.39, 0.29) is 11.9 Å². The Kier molecular flexibility index (Phi) is 3.87. The van der Waals surface area contributed by atoms with Crippen LogP contribution in [0.1, 0.15) is 29.0 Å². The predicted octanol–water partition coefficient (Wildman–Crippen LogP) is 3.61. The van der Waals surface area contributed by atoms with Crippen molar-refractivity contribution >= 4 is 21.8 Å². The SMILES string of the molecule is C[C@@H](c1ccccc1)N(C)C(=O)c1cc(Br)c[nH]1. The lowest BCUT2D eigenvalue weighted by atomic mass is 10.1. The molecule has 1 amide bonds. The molecule has 1 aromatic heterocycles. The van der Waals surface area contributed by atoms with Gasteiger partial charge in [0.25, 0.3) is 5.91 Å². The van der Waals surface area contributed by atoms with Gasteiger partial charge in [0.1, 0.15) is 5.69 Å². The van der Waals surface area contributed by atoms with E-state index in [0.717, 1.165) is 10.0 Å². The van der Waals surface area contributed by atoms with Crippen molar-refractivity contribution in [2.45, 2.75) is 13.0 Å². The second kappa shape index (κ2) is 5.40. The van der Waals surface area contributed by atoms with E-state index in [0.29, 0.717) is 5.69 Å². The average molecular weight is 307 g/mol. The van der Waals surface area contributed by atoms with Crippen molar-refractivity contribution in [1.82, 2.24) is 9.88 Å². The third kappa shape index (κ3) is 2.64. The molecular formula is C14H15BrN2O. The first-order valence-corrected chi connectivity index (χ1v) is 6.55. The minimum Gasteiger partial charge on any atom is -0.356 e. The van der Waals surface area contributed by atoms with Crippen LogP contribution in [0, 0.1) is 0 Å². The largest absolute Gasteiger partial charge is 0.356 e. The molecule has 94 valence electrons. The van der Waals surface area contributed by atoms with E-state index in [9.17, 15) is 4.79 Å². The number of nitrogens with one attached hydrogen (secondary N) is 1. The Balaban J connectivity index is 2.16. The molecule has 2 aromatic rings. The monoisotopic (exact) mass is 306 g/mol. The van der Waals surface area contributed by atoms with Crippen LogP contribution in [0.3, 0.4) is 0 Å². The summed E-state index contributed by atoms with van der Waals surface area (Å²) in [5.74, 6) is -0.0166. The quantitative estimate of drug-likeness (QED) is 0.924. The van der Waals surface area contributed by atoms with Gasteiger partial charge in [-0.25, -0.2) is 0 Å². The minimum absolute atomic E-state index is 0.0166. The van der Waals surface area contributed by atoms with Crippen LogP contribution in [0.4, 0.5) is 0 Å². The van der Waals surface area contributed by atoms with E-state index in [4.69, 9.17) is 0 Å². The van der Waals surface area contributed by atoms with Crippen LogP contribution >= 0.6 is 15.9 Å². The zero-order chi connectivity index (χ0) is 13.1. The zero-order valence-corrected chi connectivity index (χ0v) is 11.9. The molecule has 0 radical (unpaired) electrons. The fourth-order valence-corrected chi connectivity index (χ4v) is 2.16. The summed E-state index contributed by atoms with van der Waals surface area (Å²) < 4.78 is 0.881. The molecule has 1 atom stereocenters. The van der Waals surface area contributed by atoms with Gasteiger partial charge in [0.2, 0.25) is 0 Å². The van der Waals surface area contributed by atoms with E-state index in [2.05, 4.69) is 20.9 Å². The van der Waals surface area contributed by atoms with Gasteiger partial charge in [0.15, 0.2) is 0 Å². The highest BCUT2D eigenvalue weighted by Gasteiger charge is 2.19. The molecule has 0 fully saturated rings. The third-order valence-corrected chi connectivity index (χ3v) is 3.52. The van der Waals surface area contributed by atoms with Crippen molar-refractivity contribution in [1.29, 1.82) is 0 Å². The third-order valence-electron chi connectivity index (χ3n) is 3.06. The standard InChI is InChI=1S/C14H15BrN2O/c1-10(11-6-4-3-5-7-11)17(2)14(18)13-8-12(15)9-16-13/h3-10,16H,1-2H3/t10-/m0/s1. The van der Waals surface area contributed by atoms with Crippen LogP contribution < -0.4 is 0 Å². The number of hydrogen-bond donors (Lipinski definition) is 1. The molecule has 0 aliphatic heterocycles. The summed E-state index contributed by atoms with van der Waals surface area (Å²) in [6, 6.07) is 11.8. The Labute approximate surface area is 115 Å². The summed E-state index contributed by atoms with van der Waals surface area (Å²) >= 11 is 3.33. The summed E-state index contributed by atoms with van der Waals surface area (Å²) in [6.07, 6.45) is 1.76. The molecule has 0 aliphatic carbocycles. The molecule has 4 heteroatoms. The molecule has 1 heterocycles. The number of nitrogens with zero attached hydrogens (tertiary/aromatic N) is 1. The Morgan fingerprint density at radius 2 is 2.00 bits per heavy atom. The molecule has 0 unspecified atom stereocenters. The summed E-state index contributed by atoms with van der Waals surface area (Å²) in [5, 5.41) is 0. The average Bonchev–Trinajstić information content (AvgIpc) is 2.84. The smallest absolute Gasteiger partial charge is 0.270 e. The van der Waals surface area contributed by atoms with Gasteiger partial charge < -0.3 is 9.88 Å². The fraction of sp³-hybridized carbons (Fsp3) is 0.214. The topological polar surface area (TPSA) is 36.1 Å². The van der Waals surface area contributed by atoms with Crippen LogP contribution in [0.15, 0.2) is 47.1 Å². The molecule has 18 heavy (non-hydrogen) atoms. The first-order valence-electron chi connectivity index (χ1n) is 5.75. The van der Waals surface area contributed by atoms with Crippen LogP contribution in [0.5, 0.6) is 0 Å². The molecule has 1 N–H and O–H groups in total. The summed E-state index contributed by atoms with van der Waals surface area (Å²) in [4.78, 5) is 16.9. The molecular weight excluding hydrogens is 292 g/mol. The Morgan fingerprint density at radius 1 is 1.33 bits per heavy atom. The van der Waals surface area contributed by atoms with E-state index < -0.39 is 0 Å². The van der Waals surface area contributed by atoms with Gasteiger partial charge in [-0.1, -0.05) is 30.3 Å². The van der Waals surface area contributed by atoms with E-state index in [1.54, 1.807) is 17.2 Å². The Morgan fingerprint density at radius 3 is 2.56 bits per heavy atom. The van der Waals surface area contributed by atoms with Gasteiger partial charge in [-0.15, -0.1) is 0 Å². The van der Waals surface area contributed by atoms with E-state index in [1.165, 1.54) is 0 Å². The molecule has 0 saturated carbocycles. The molecule has 1 aromatic carbocycles. The number of benzene rings is 1. The maximum Gasteiger partial charge on any atom is 0.270 e. The van der Waals surface area contributed by atoms with Crippen LogP contribution in [0.2, 0.25) is 0 Å². The van der Waals surface area contributed by atoms with Crippen molar-refractivity contribution in [2.24, 2.45) is 0 Å². The van der Waals surface area contributed by atoms with Crippen molar-refractivity contribution in [3.63, 3.8) is 0 Å². The molecule has 0 spiro atoms. The van der Waals surface area contributed by atoms with Gasteiger partial charge >= 0.3 is 0 Å². The van der Waals surface area contributed by atoms with Gasteiger partial charge in [-0.05, 0) is 34.5 Å². The normalized spacial score (nSPS) is 12.2. The van der Waals surface area contributed by atoms with Crippen molar-refractivity contribution < 1.29 is 4.79 Å². The number of amides is 1. The minimum atomic E-state index is -0.0166. The molecule has 0 saturated heterocycles. The zero-order valence-electron chi connectivity index (χ0n) is 10.4. The molecule has 0 aliphatic rings. The Hall–Kier alpha value is -1.55. The van der Waals surface area contributed by atoms with Crippen molar-refractivity contribution in [3.05, 3.63) is 58.3 Å². The van der Waals surface area contributed by atoms with E-state index >= 15 is 0 Å². The lowest BCUT2D eigenvalue weighted by molar-refractivity contribution is 0.0737. The molecule has 3 nitrogen and oxygen atoms in total. The van der Waals surface area contributed by atoms with Crippen LogP contribution in [-0.2, 0) is 0 Å². The summed E-state index contributed by atoms with van der Waals surface area (Å²) in [6.45, 7) is 2.02. The number of carbonyl (C=O) groups is 1. The second-order valence-corrected chi connectivity index (χ2v) is 5.15. The van der Waals surface area contributed by atoms with Gasteiger partial charge in [-0.2, -0.15) is 0 Å². The van der Waals surface area contributed by atoms with Crippen LogP contribution in [0.25, 0.3) is 0 Å². The maximum absolute atomic E-state index is 12.2.